The van der Waals surface area contributed by atoms with E-state index in [0.717, 1.165) is 16.8 Å². The van der Waals surface area contributed by atoms with Crippen LogP contribution in [0.1, 0.15) is 21.6 Å². The molecular formula is C17H17N5O. The first-order valence-electron chi connectivity index (χ1n) is 7.24. The van der Waals surface area contributed by atoms with Gasteiger partial charge in [0, 0.05) is 11.4 Å². The predicted molar refractivity (Wildman–Crippen MR) is 90.0 cm³/mol. The zero-order valence-corrected chi connectivity index (χ0v) is 12.9. The maximum absolute atomic E-state index is 12.4. The van der Waals surface area contributed by atoms with Crippen LogP contribution in [-0.2, 0) is 0 Å². The molecule has 1 heterocycles. The summed E-state index contributed by atoms with van der Waals surface area (Å²) in [7, 11) is 0. The highest BCUT2D eigenvalue weighted by Crippen LogP contribution is 2.18. The minimum absolute atomic E-state index is 0.214. The molecule has 0 atom stereocenters. The number of amides is 1. The van der Waals surface area contributed by atoms with Crippen molar-refractivity contribution < 1.29 is 4.79 Å². The van der Waals surface area contributed by atoms with Crippen LogP contribution in [0.2, 0.25) is 0 Å². The fraction of sp³-hybridized carbons (Fsp3) is 0.118. The highest BCUT2D eigenvalue weighted by Gasteiger charge is 2.16. The van der Waals surface area contributed by atoms with Crippen LogP contribution in [0.3, 0.4) is 0 Å². The first-order valence-corrected chi connectivity index (χ1v) is 7.24. The summed E-state index contributed by atoms with van der Waals surface area (Å²) >= 11 is 0. The van der Waals surface area contributed by atoms with Crippen molar-refractivity contribution >= 4 is 23.1 Å². The molecule has 0 fully saturated rings. The monoisotopic (exact) mass is 307 g/mol. The molecule has 3 rings (SSSR count). The second kappa shape index (κ2) is 6.31. The van der Waals surface area contributed by atoms with Gasteiger partial charge in [0.25, 0.3) is 5.91 Å². The van der Waals surface area contributed by atoms with E-state index in [1.807, 2.05) is 62.4 Å². The zero-order chi connectivity index (χ0) is 16.2. The van der Waals surface area contributed by atoms with Gasteiger partial charge in [-0.2, -0.15) is 5.21 Å². The van der Waals surface area contributed by atoms with Crippen molar-refractivity contribution in [3.8, 4) is 0 Å². The number of hydrogen-bond donors (Lipinski definition) is 3. The number of anilines is 3. The molecule has 0 radical (unpaired) electrons. The molecule has 0 aliphatic heterocycles. The molecule has 0 unspecified atom stereocenters. The van der Waals surface area contributed by atoms with E-state index in [1.165, 1.54) is 0 Å². The fourth-order valence-corrected chi connectivity index (χ4v) is 2.08. The quantitative estimate of drug-likeness (QED) is 0.689. The van der Waals surface area contributed by atoms with E-state index < -0.39 is 0 Å². The number of aromatic nitrogens is 3. The molecule has 0 aliphatic carbocycles. The molecule has 1 aromatic heterocycles. The van der Waals surface area contributed by atoms with Crippen molar-refractivity contribution in [3.05, 3.63) is 65.4 Å². The number of carbonyl (C=O) groups is 1. The fourth-order valence-electron chi connectivity index (χ4n) is 2.08. The topological polar surface area (TPSA) is 82.7 Å². The van der Waals surface area contributed by atoms with E-state index in [4.69, 9.17) is 0 Å². The lowest BCUT2D eigenvalue weighted by molar-refractivity contribution is 0.102. The number of benzene rings is 2. The third kappa shape index (κ3) is 3.55. The number of H-pyrrole nitrogens is 1. The average Bonchev–Trinajstić information content (AvgIpc) is 3.00. The molecule has 116 valence electrons. The van der Waals surface area contributed by atoms with E-state index in [1.54, 1.807) is 0 Å². The van der Waals surface area contributed by atoms with Crippen molar-refractivity contribution in [1.82, 2.24) is 15.4 Å². The molecule has 0 bridgehead atoms. The van der Waals surface area contributed by atoms with Crippen molar-refractivity contribution in [2.24, 2.45) is 0 Å². The highest BCUT2D eigenvalue weighted by atomic mass is 16.2. The van der Waals surface area contributed by atoms with E-state index in [-0.39, 0.29) is 11.6 Å². The summed E-state index contributed by atoms with van der Waals surface area (Å²) in [5.41, 5.74) is 4.06. The molecule has 23 heavy (non-hydrogen) atoms. The summed E-state index contributed by atoms with van der Waals surface area (Å²) in [6, 6.07) is 15.4. The average molecular weight is 307 g/mol. The van der Waals surface area contributed by atoms with Gasteiger partial charge in [0.05, 0.1) is 0 Å². The Hall–Kier alpha value is -3.15. The van der Waals surface area contributed by atoms with E-state index in [9.17, 15) is 4.79 Å². The third-order valence-corrected chi connectivity index (χ3v) is 3.39. The Bertz CT molecular complexity index is 806. The predicted octanol–water partition coefficient (Wildman–Crippen LogP) is 3.42. The Morgan fingerprint density at radius 3 is 2.04 bits per heavy atom. The Balaban J connectivity index is 1.75. The summed E-state index contributed by atoms with van der Waals surface area (Å²) in [4.78, 5) is 12.4. The molecule has 6 nitrogen and oxygen atoms in total. The van der Waals surface area contributed by atoms with E-state index >= 15 is 0 Å². The standard InChI is InChI=1S/C17H17N5O/c1-11-3-7-13(8-4-11)18-16-15(20-22-21-16)17(23)19-14-9-5-12(2)6-10-14/h3-10H,1-2H3,(H,19,23)(H2,18,20,21,22). The van der Waals surface area contributed by atoms with Crippen LogP contribution < -0.4 is 10.6 Å². The van der Waals surface area contributed by atoms with Crippen molar-refractivity contribution in [2.45, 2.75) is 13.8 Å². The van der Waals surface area contributed by atoms with Gasteiger partial charge in [0.2, 0.25) is 0 Å². The molecule has 6 heteroatoms. The first kappa shape index (κ1) is 14.8. The molecule has 1 amide bonds. The van der Waals surface area contributed by atoms with Crippen LogP contribution >= 0.6 is 0 Å². The molecule has 0 saturated heterocycles. The molecule has 0 spiro atoms. The number of carbonyl (C=O) groups excluding carboxylic acids is 1. The number of rotatable bonds is 4. The Kier molecular flexibility index (Phi) is 4.05. The van der Waals surface area contributed by atoms with Crippen molar-refractivity contribution in [1.29, 1.82) is 0 Å². The van der Waals surface area contributed by atoms with Gasteiger partial charge in [-0.3, -0.25) is 4.79 Å². The van der Waals surface area contributed by atoms with Crippen LogP contribution in [0, 0.1) is 13.8 Å². The summed E-state index contributed by atoms with van der Waals surface area (Å²) in [6.07, 6.45) is 0. The summed E-state index contributed by atoms with van der Waals surface area (Å²) in [6.45, 7) is 4.01. The molecule has 0 aliphatic rings. The Morgan fingerprint density at radius 1 is 0.870 bits per heavy atom. The molecule has 0 saturated carbocycles. The van der Waals surface area contributed by atoms with E-state index in [2.05, 4.69) is 26.0 Å². The lowest BCUT2D eigenvalue weighted by atomic mass is 10.2. The van der Waals surface area contributed by atoms with Crippen LogP contribution in [0.25, 0.3) is 0 Å². The van der Waals surface area contributed by atoms with Gasteiger partial charge in [-0.1, -0.05) is 35.4 Å². The molecule has 2 aromatic carbocycles. The number of aromatic amines is 1. The van der Waals surface area contributed by atoms with Gasteiger partial charge in [0.1, 0.15) is 0 Å². The number of nitrogens with one attached hydrogen (secondary N) is 3. The van der Waals surface area contributed by atoms with E-state index in [0.29, 0.717) is 11.5 Å². The van der Waals surface area contributed by atoms with Crippen molar-refractivity contribution in [3.63, 3.8) is 0 Å². The third-order valence-electron chi connectivity index (χ3n) is 3.39. The SMILES string of the molecule is Cc1ccc(NC(=O)c2n[nH]nc2Nc2ccc(C)cc2)cc1. The second-order valence-corrected chi connectivity index (χ2v) is 5.33. The zero-order valence-electron chi connectivity index (χ0n) is 12.9. The maximum atomic E-state index is 12.4. The molecular weight excluding hydrogens is 290 g/mol. The molecule has 3 aromatic rings. The van der Waals surface area contributed by atoms with Gasteiger partial charge < -0.3 is 10.6 Å². The highest BCUT2D eigenvalue weighted by molar-refractivity contribution is 6.06. The normalized spacial score (nSPS) is 10.3. The largest absolute Gasteiger partial charge is 0.337 e. The Labute approximate surface area is 133 Å². The van der Waals surface area contributed by atoms with Gasteiger partial charge >= 0.3 is 0 Å². The smallest absolute Gasteiger partial charge is 0.280 e. The number of nitrogens with zero attached hydrogens (tertiary/aromatic N) is 2. The van der Waals surface area contributed by atoms with Gasteiger partial charge in [-0.05, 0) is 38.1 Å². The number of aryl methyl sites for hydroxylation is 2. The minimum Gasteiger partial charge on any atom is -0.337 e. The van der Waals surface area contributed by atoms with Gasteiger partial charge in [-0.25, -0.2) is 0 Å². The summed E-state index contributed by atoms with van der Waals surface area (Å²) in [5, 5.41) is 16.3. The maximum Gasteiger partial charge on any atom is 0.280 e. The van der Waals surface area contributed by atoms with Crippen molar-refractivity contribution in [2.75, 3.05) is 10.6 Å². The lowest BCUT2D eigenvalue weighted by Gasteiger charge is -2.06. The lowest BCUT2D eigenvalue weighted by Crippen LogP contribution is -2.14. The minimum atomic E-state index is -0.322. The first-order chi connectivity index (χ1) is 11.1. The summed E-state index contributed by atoms with van der Waals surface area (Å²) < 4.78 is 0. The van der Waals surface area contributed by atoms with Gasteiger partial charge in [-0.15, -0.1) is 10.2 Å². The van der Waals surface area contributed by atoms with Crippen LogP contribution in [0.4, 0.5) is 17.2 Å². The second-order valence-electron chi connectivity index (χ2n) is 5.33. The van der Waals surface area contributed by atoms with Crippen LogP contribution in [0.15, 0.2) is 48.5 Å². The van der Waals surface area contributed by atoms with Gasteiger partial charge in [0.15, 0.2) is 11.5 Å². The van der Waals surface area contributed by atoms with Crippen LogP contribution in [0.5, 0.6) is 0 Å². The number of hydrogen-bond acceptors (Lipinski definition) is 4. The summed E-state index contributed by atoms with van der Waals surface area (Å²) in [5.74, 6) is 0.0654. The van der Waals surface area contributed by atoms with Crippen LogP contribution in [-0.4, -0.2) is 21.3 Å². The molecule has 3 N–H and O–H groups in total. The Morgan fingerprint density at radius 2 is 1.43 bits per heavy atom.